The maximum absolute atomic E-state index is 13.0. The number of pyridine rings is 2. The summed E-state index contributed by atoms with van der Waals surface area (Å²) in [4.78, 5) is 23.9. The summed E-state index contributed by atoms with van der Waals surface area (Å²) < 4.78 is 18.9. The molecule has 3 heterocycles. The molecule has 138 valence electrons. The van der Waals surface area contributed by atoms with Gasteiger partial charge in [0.1, 0.15) is 17.6 Å². The summed E-state index contributed by atoms with van der Waals surface area (Å²) >= 11 is 0. The van der Waals surface area contributed by atoms with E-state index in [1.807, 2.05) is 24.4 Å². The van der Waals surface area contributed by atoms with Crippen molar-refractivity contribution >= 4 is 22.8 Å². The number of amides is 1. The second-order valence-corrected chi connectivity index (χ2v) is 7.25. The zero-order chi connectivity index (χ0) is 18.4. The Balaban J connectivity index is 1.42. The van der Waals surface area contributed by atoms with E-state index >= 15 is 0 Å². The number of ether oxygens (including phenoxy) is 1. The van der Waals surface area contributed by atoms with Crippen molar-refractivity contribution in [1.29, 1.82) is 0 Å². The molecule has 2 fully saturated rings. The lowest BCUT2D eigenvalue weighted by Gasteiger charge is -2.09. The SMILES string of the molecule is O=C(Nc1ccc2c(-c3cccnc3OCC3CC3)c[nH]c2n1)[C@H]1C[C@@H]1F. The van der Waals surface area contributed by atoms with Crippen LogP contribution in [0.15, 0.2) is 36.7 Å². The zero-order valence-electron chi connectivity index (χ0n) is 14.6. The maximum Gasteiger partial charge on any atom is 0.231 e. The highest BCUT2D eigenvalue weighted by Crippen LogP contribution is 2.37. The molecule has 6 nitrogen and oxygen atoms in total. The normalized spacial score (nSPS) is 21.2. The van der Waals surface area contributed by atoms with Crippen LogP contribution in [0.3, 0.4) is 0 Å². The van der Waals surface area contributed by atoms with Crippen LogP contribution < -0.4 is 10.1 Å². The van der Waals surface area contributed by atoms with E-state index < -0.39 is 12.1 Å². The van der Waals surface area contributed by atoms with E-state index in [2.05, 4.69) is 20.3 Å². The number of nitrogens with one attached hydrogen (secondary N) is 2. The first-order chi connectivity index (χ1) is 13.2. The third kappa shape index (κ3) is 3.25. The molecular formula is C20H19FN4O2. The number of rotatable bonds is 6. The highest BCUT2D eigenvalue weighted by atomic mass is 19.1. The van der Waals surface area contributed by atoms with Crippen LogP contribution >= 0.6 is 0 Å². The number of nitrogens with zero attached hydrogens (tertiary/aromatic N) is 2. The van der Waals surface area contributed by atoms with E-state index in [4.69, 9.17) is 4.74 Å². The number of H-pyrrole nitrogens is 1. The first-order valence-electron chi connectivity index (χ1n) is 9.20. The van der Waals surface area contributed by atoms with E-state index in [1.54, 1.807) is 12.3 Å². The lowest BCUT2D eigenvalue weighted by molar-refractivity contribution is -0.117. The predicted molar refractivity (Wildman–Crippen MR) is 99.2 cm³/mol. The molecule has 7 heteroatoms. The van der Waals surface area contributed by atoms with Gasteiger partial charge in [-0.05, 0) is 49.4 Å². The Hall–Kier alpha value is -2.96. The molecule has 1 amide bonds. The van der Waals surface area contributed by atoms with Crippen molar-refractivity contribution in [3.63, 3.8) is 0 Å². The number of aromatic nitrogens is 3. The fraction of sp³-hybridized carbons (Fsp3) is 0.350. The van der Waals surface area contributed by atoms with Crippen molar-refractivity contribution in [2.75, 3.05) is 11.9 Å². The van der Waals surface area contributed by atoms with Crippen LogP contribution in [0.1, 0.15) is 19.3 Å². The van der Waals surface area contributed by atoms with Crippen molar-refractivity contribution < 1.29 is 13.9 Å². The molecule has 0 radical (unpaired) electrons. The highest BCUT2D eigenvalue weighted by molar-refractivity contribution is 5.98. The predicted octanol–water partition coefficient (Wildman–Crippen LogP) is 3.71. The van der Waals surface area contributed by atoms with Crippen LogP contribution in [0, 0.1) is 11.8 Å². The third-order valence-electron chi connectivity index (χ3n) is 5.05. The summed E-state index contributed by atoms with van der Waals surface area (Å²) in [5, 5.41) is 3.59. The van der Waals surface area contributed by atoms with Crippen molar-refractivity contribution in [2.24, 2.45) is 11.8 Å². The van der Waals surface area contributed by atoms with Gasteiger partial charge in [0.25, 0.3) is 0 Å². The Bertz CT molecular complexity index is 1010. The number of halogens is 1. The van der Waals surface area contributed by atoms with Gasteiger partial charge in [-0.15, -0.1) is 0 Å². The van der Waals surface area contributed by atoms with Crippen LogP contribution in [-0.2, 0) is 4.79 Å². The van der Waals surface area contributed by atoms with E-state index in [-0.39, 0.29) is 5.91 Å². The second kappa shape index (κ2) is 6.33. The molecule has 0 aliphatic heterocycles. The van der Waals surface area contributed by atoms with Crippen molar-refractivity contribution in [3.05, 3.63) is 36.7 Å². The summed E-state index contributed by atoms with van der Waals surface area (Å²) in [6.45, 7) is 0.692. The van der Waals surface area contributed by atoms with Gasteiger partial charge >= 0.3 is 0 Å². The molecule has 3 aromatic rings. The van der Waals surface area contributed by atoms with E-state index in [0.29, 0.717) is 36.3 Å². The number of aromatic amines is 1. The Morgan fingerprint density at radius 1 is 1.30 bits per heavy atom. The lowest BCUT2D eigenvalue weighted by Crippen LogP contribution is -2.15. The molecule has 3 aromatic heterocycles. The quantitative estimate of drug-likeness (QED) is 0.697. The Labute approximate surface area is 155 Å². The third-order valence-corrected chi connectivity index (χ3v) is 5.05. The van der Waals surface area contributed by atoms with Crippen LogP contribution in [0.25, 0.3) is 22.2 Å². The molecule has 0 bridgehead atoms. The fourth-order valence-corrected chi connectivity index (χ4v) is 3.14. The molecule has 2 aliphatic carbocycles. The summed E-state index contributed by atoms with van der Waals surface area (Å²) in [6, 6.07) is 7.47. The van der Waals surface area contributed by atoms with E-state index in [1.165, 1.54) is 12.8 Å². The van der Waals surface area contributed by atoms with Crippen LogP contribution in [0.4, 0.5) is 10.2 Å². The molecule has 2 N–H and O–H groups in total. The zero-order valence-corrected chi connectivity index (χ0v) is 14.6. The number of alkyl halides is 1. The summed E-state index contributed by atoms with van der Waals surface area (Å²) in [7, 11) is 0. The van der Waals surface area contributed by atoms with Crippen molar-refractivity contribution in [1.82, 2.24) is 15.0 Å². The standard InChI is InChI=1S/C20H19FN4O2/c21-16-8-14(16)19(26)25-17-6-5-12-15(9-23-18(12)24-17)13-2-1-7-22-20(13)27-10-11-3-4-11/h1-2,5-7,9,11,14,16H,3-4,8,10H2,(H2,23,24,25,26)/t14-,16-/m0/s1. The molecule has 2 saturated carbocycles. The molecule has 5 rings (SSSR count). The van der Waals surface area contributed by atoms with Gasteiger partial charge in [-0.2, -0.15) is 0 Å². The van der Waals surface area contributed by atoms with Crippen LogP contribution in [-0.4, -0.2) is 33.6 Å². The lowest BCUT2D eigenvalue weighted by atomic mass is 10.1. The van der Waals surface area contributed by atoms with Gasteiger partial charge in [-0.1, -0.05) is 0 Å². The maximum atomic E-state index is 13.0. The minimum absolute atomic E-state index is 0.297. The van der Waals surface area contributed by atoms with E-state index in [9.17, 15) is 9.18 Å². The highest BCUT2D eigenvalue weighted by Gasteiger charge is 2.43. The van der Waals surface area contributed by atoms with Gasteiger partial charge in [0.05, 0.1) is 12.5 Å². The van der Waals surface area contributed by atoms with Crippen LogP contribution in [0.5, 0.6) is 5.88 Å². The monoisotopic (exact) mass is 366 g/mol. The van der Waals surface area contributed by atoms with Gasteiger partial charge in [0.15, 0.2) is 0 Å². The van der Waals surface area contributed by atoms with Gasteiger partial charge in [0.2, 0.25) is 11.8 Å². The molecule has 27 heavy (non-hydrogen) atoms. The van der Waals surface area contributed by atoms with Gasteiger partial charge in [0, 0.05) is 28.9 Å². The first-order valence-corrected chi connectivity index (χ1v) is 9.20. The number of hydrogen-bond donors (Lipinski definition) is 2. The molecule has 2 aliphatic rings. The van der Waals surface area contributed by atoms with E-state index in [0.717, 1.165) is 16.5 Å². The molecule has 2 atom stereocenters. The molecule has 0 spiro atoms. The van der Waals surface area contributed by atoms with Crippen molar-refractivity contribution in [3.8, 4) is 17.0 Å². The van der Waals surface area contributed by atoms with Gasteiger partial charge < -0.3 is 15.0 Å². The summed E-state index contributed by atoms with van der Waals surface area (Å²) in [5.41, 5.74) is 2.49. The number of carbonyl (C=O) groups is 1. The minimum Gasteiger partial charge on any atom is -0.477 e. The average Bonchev–Trinajstić information content (AvgIpc) is 3.59. The fourth-order valence-electron chi connectivity index (χ4n) is 3.14. The molecule has 0 saturated heterocycles. The number of fused-ring (bicyclic) bond motifs is 1. The molecular weight excluding hydrogens is 347 g/mol. The smallest absolute Gasteiger partial charge is 0.231 e. The summed E-state index contributed by atoms with van der Waals surface area (Å²) in [6.07, 6.45) is 5.30. The number of anilines is 1. The second-order valence-electron chi connectivity index (χ2n) is 7.25. The minimum atomic E-state index is -1.02. The van der Waals surface area contributed by atoms with Crippen LogP contribution in [0.2, 0.25) is 0 Å². The summed E-state index contributed by atoms with van der Waals surface area (Å²) in [5.74, 6) is 0.820. The number of carbonyl (C=O) groups excluding carboxylic acids is 1. The average molecular weight is 366 g/mol. The molecule has 0 unspecified atom stereocenters. The van der Waals surface area contributed by atoms with Gasteiger partial charge in [-0.3, -0.25) is 4.79 Å². The Kier molecular flexibility index (Phi) is 3.81. The van der Waals surface area contributed by atoms with Gasteiger partial charge in [-0.25, -0.2) is 14.4 Å². The van der Waals surface area contributed by atoms with Crippen molar-refractivity contribution in [2.45, 2.75) is 25.4 Å². The molecule has 0 aromatic carbocycles. The first kappa shape index (κ1) is 16.2. The number of hydrogen-bond acceptors (Lipinski definition) is 4. The Morgan fingerprint density at radius 2 is 2.15 bits per heavy atom. The Morgan fingerprint density at radius 3 is 2.93 bits per heavy atom. The largest absolute Gasteiger partial charge is 0.477 e. The topological polar surface area (TPSA) is 79.9 Å².